The summed E-state index contributed by atoms with van der Waals surface area (Å²) in [5.41, 5.74) is 3.72. The molecule has 0 bridgehead atoms. The van der Waals surface area contributed by atoms with Gasteiger partial charge >= 0.3 is 5.97 Å². The number of alkyl halides is 2. The summed E-state index contributed by atoms with van der Waals surface area (Å²) in [5, 5.41) is -0.0513. The van der Waals surface area contributed by atoms with Crippen LogP contribution in [0.5, 0.6) is 0 Å². The van der Waals surface area contributed by atoms with Crippen LogP contribution in [-0.2, 0) is 4.74 Å². The monoisotopic (exact) mass is 250 g/mol. The molecule has 0 fully saturated rings. The normalized spacial score (nSPS) is 11.9. The molecule has 0 aliphatic carbocycles. The van der Waals surface area contributed by atoms with Crippen molar-refractivity contribution in [3.05, 3.63) is 11.3 Å². The van der Waals surface area contributed by atoms with Crippen LogP contribution in [0.4, 0.5) is 13.8 Å². The summed E-state index contributed by atoms with van der Waals surface area (Å²) in [7, 11) is 0. The number of nitrogens with two attached hydrogens (primary N) is 1. The molecule has 16 heavy (non-hydrogen) atoms. The van der Waals surface area contributed by atoms with Crippen molar-refractivity contribution in [2.45, 2.75) is 32.8 Å². The maximum Gasteiger partial charge on any atom is 0.343 e. The van der Waals surface area contributed by atoms with Crippen LogP contribution in [0.3, 0.4) is 0 Å². The number of nitrogens with zero attached hydrogens (tertiary/aromatic N) is 1. The van der Waals surface area contributed by atoms with Crippen molar-refractivity contribution in [1.82, 2.24) is 4.37 Å². The van der Waals surface area contributed by atoms with Gasteiger partial charge in [-0.2, -0.15) is 4.37 Å². The number of anilines is 1. The van der Waals surface area contributed by atoms with Crippen LogP contribution in [0.2, 0.25) is 0 Å². The molecular formula is C9H12F2N2O2S. The molecule has 0 saturated carbocycles. The molecule has 0 spiro atoms. The summed E-state index contributed by atoms with van der Waals surface area (Å²) in [4.78, 5) is 11.6. The molecule has 0 saturated heterocycles. The lowest BCUT2D eigenvalue weighted by molar-refractivity contribution is 0.00633. The average molecular weight is 250 g/mol. The van der Waals surface area contributed by atoms with E-state index in [1.54, 1.807) is 20.8 Å². The molecule has 1 aromatic heterocycles. The van der Waals surface area contributed by atoms with Crippen LogP contribution in [0.25, 0.3) is 0 Å². The number of rotatable bonds is 2. The molecule has 0 unspecified atom stereocenters. The molecule has 7 heteroatoms. The van der Waals surface area contributed by atoms with Crippen LogP contribution < -0.4 is 5.73 Å². The van der Waals surface area contributed by atoms with E-state index in [9.17, 15) is 13.6 Å². The van der Waals surface area contributed by atoms with Crippen molar-refractivity contribution < 1.29 is 18.3 Å². The van der Waals surface area contributed by atoms with E-state index in [1.165, 1.54) is 0 Å². The van der Waals surface area contributed by atoms with Crippen LogP contribution >= 0.6 is 11.5 Å². The first-order valence-corrected chi connectivity index (χ1v) is 5.26. The Labute approximate surface area is 95.6 Å². The molecule has 1 aromatic rings. The van der Waals surface area contributed by atoms with Gasteiger partial charge in [0.25, 0.3) is 6.43 Å². The van der Waals surface area contributed by atoms with Crippen LogP contribution in [-0.4, -0.2) is 15.9 Å². The first-order valence-electron chi connectivity index (χ1n) is 4.49. The smallest absolute Gasteiger partial charge is 0.343 e. The Morgan fingerprint density at radius 3 is 2.50 bits per heavy atom. The third-order valence-corrected chi connectivity index (χ3v) is 2.24. The molecule has 90 valence electrons. The van der Waals surface area contributed by atoms with Gasteiger partial charge in [0.2, 0.25) is 0 Å². The SMILES string of the molecule is CC(C)(C)OC(=O)c1c(C(F)F)nsc1N. The van der Waals surface area contributed by atoms with E-state index in [0.29, 0.717) is 11.5 Å². The number of halogens is 2. The zero-order chi connectivity index (χ0) is 12.5. The van der Waals surface area contributed by atoms with Crippen molar-refractivity contribution in [1.29, 1.82) is 0 Å². The fourth-order valence-electron chi connectivity index (χ4n) is 0.999. The zero-order valence-corrected chi connectivity index (χ0v) is 9.90. The number of esters is 1. The van der Waals surface area contributed by atoms with E-state index in [0.717, 1.165) is 0 Å². The highest BCUT2D eigenvalue weighted by Crippen LogP contribution is 2.30. The first kappa shape index (κ1) is 12.8. The maximum absolute atomic E-state index is 12.5. The highest BCUT2D eigenvalue weighted by atomic mass is 32.1. The first-order chi connectivity index (χ1) is 7.22. The van der Waals surface area contributed by atoms with Crippen molar-refractivity contribution in [2.24, 2.45) is 0 Å². The lowest BCUT2D eigenvalue weighted by atomic mass is 10.2. The Morgan fingerprint density at radius 2 is 2.06 bits per heavy atom. The molecule has 0 radical (unpaired) electrons. The molecule has 1 rings (SSSR count). The van der Waals surface area contributed by atoms with Gasteiger partial charge in [0.05, 0.1) is 0 Å². The van der Waals surface area contributed by atoms with Gasteiger partial charge in [0.1, 0.15) is 21.9 Å². The number of ether oxygens (including phenoxy) is 1. The quantitative estimate of drug-likeness (QED) is 0.819. The number of hydrogen-bond acceptors (Lipinski definition) is 5. The summed E-state index contributed by atoms with van der Waals surface area (Å²) in [6.45, 7) is 4.93. The predicted molar refractivity (Wildman–Crippen MR) is 56.7 cm³/mol. The minimum absolute atomic E-state index is 0.0513. The third-order valence-electron chi connectivity index (χ3n) is 1.55. The van der Waals surface area contributed by atoms with Gasteiger partial charge in [0, 0.05) is 0 Å². The van der Waals surface area contributed by atoms with Crippen LogP contribution in [0.1, 0.15) is 43.2 Å². The van der Waals surface area contributed by atoms with Gasteiger partial charge in [-0.1, -0.05) is 0 Å². The molecule has 0 aliphatic heterocycles. The molecule has 4 nitrogen and oxygen atoms in total. The number of aromatic nitrogens is 1. The van der Waals surface area contributed by atoms with Gasteiger partial charge in [-0.15, -0.1) is 0 Å². The van der Waals surface area contributed by atoms with Crippen molar-refractivity contribution in [3.8, 4) is 0 Å². The summed E-state index contributed by atoms with van der Waals surface area (Å²) in [5.74, 6) is -0.867. The second-order valence-corrected chi connectivity index (χ2v) is 4.91. The van der Waals surface area contributed by atoms with Gasteiger partial charge < -0.3 is 10.5 Å². The molecule has 0 aliphatic rings. The topological polar surface area (TPSA) is 65.2 Å². The van der Waals surface area contributed by atoms with E-state index in [1.807, 2.05) is 0 Å². The Balaban J connectivity index is 3.03. The van der Waals surface area contributed by atoms with E-state index >= 15 is 0 Å². The predicted octanol–water partition coefficient (Wildman–Crippen LogP) is 2.62. The maximum atomic E-state index is 12.5. The fraction of sp³-hybridized carbons (Fsp3) is 0.556. The zero-order valence-electron chi connectivity index (χ0n) is 9.08. The number of carbonyl (C=O) groups is 1. The lowest BCUT2D eigenvalue weighted by Crippen LogP contribution is -2.24. The number of hydrogen-bond donors (Lipinski definition) is 1. The molecule has 0 aromatic carbocycles. The van der Waals surface area contributed by atoms with E-state index in [2.05, 4.69) is 4.37 Å². The molecule has 1 heterocycles. The van der Waals surface area contributed by atoms with E-state index in [4.69, 9.17) is 10.5 Å². The summed E-state index contributed by atoms with van der Waals surface area (Å²) < 4.78 is 33.4. The van der Waals surface area contributed by atoms with Crippen LogP contribution in [0, 0.1) is 0 Å². The Kier molecular flexibility index (Phi) is 3.47. The van der Waals surface area contributed by atoms with Crippen molar-refractivity contribution in [3.63, 3.8) is 0 Å². The molecule has 2 N–H and O–H groups in total. The molecular weight excluding hydrogens is 238 g/mol. The fourth-order valence-corrected chi connectivity index (χ4v) is 1.65. The van der Waals surface area contributed by atoms with Gasteiger partial charge in [-0.25, -0.2) is 13.6 Å². The number of nitrogen functional groups attached to an aromatic ring is 1. The van der Waals surface area contributed by atoms with Crippen molar-refractivity contribution >= 4 is 22.5 Å². The Bertz CT molecular complexity index is 399. The van der Waals surface area contributed by atoms with Crippen LogP contribution in [0.15, 0.2) is 0 Å². The third kappa shape index (κ3) is 2.88. The lowest BCUT2D eigenvalue weighted by Gasteiger charge is -2.19. The highest BCUT2D eigenvalue weighted by Gasteiger charge is 2.29. The number of carbonyl (C=O) groups excluding carboxylic acids is 1. The minimum atomic E-state index is -2.84. The van der Waals surface area contributed by atoms with Gasteiger partial charge in [-0.3, -0.25) is 0 Å². The summed E-state index contributed by atoms with van der Waals surface area (Å²) >= 11 is 0.661. The van der Waals surface area contributed by atoms with E-state index < -0.39 is 23.7 Å². The molecule has 0 amide bonds. The second kappa shape index (κ2) is 4.32. The minimum Gasteiger partial charge on any atom is -0.456 e. The highest BCUT2D eigenvalue weighted by molar-refractivity contribution is 7.10. The van der Waals surface area contributed by atoms with E-state index in [-0.39, 0.29) is 10.6 Å². The van der Waals surface area contributed by atoms with Gasteiger partial charge in [-0.05, 0) is 32.3 Å². The second-order valence-electron chi connectivity index (χ2n) is 4.11. The molecule has 0 atom stereocenters. The standard InChI is InChI=1S/C9H12F2N2O2S/c1-9(2,3)15-8(14)4-5(6(10)11)13-16-7(4)12/h6H,12H2,1-3H3. The summed E-state index contributed by atoms with van der Waals surface area (Å²) in [6, 6.07) is 0. The van der Waals surface area contributed by atoms with Crippen molar-refractivity contribution in [2.75, 3.05) is 5.73 Å². The Hall–Kier alpha value is -1.24. The van der Waals surface area contributed by atoms with Gasteiger partial charge in [0.15, 0.2) is 0 Å². The largest absolute Gasteiger partial charge is 0.456 e. The average Bonchev–Trinajstić information content (AvgIpc) is 2.43. The summed E-state index contributed by atoms with van der Waals surface area (Å²) in [6.07, 6.45) is -2.84. The Morgan fingerprint density at radius 1 is 1.50 bits per heavy atom.